The van der Waals surface area contributed by atoms with Gasteiger partial charge >= 0.3 is 0 Å². The predicted octanol–water partition coefficient (Wildman–Crippen LogP) is 0.369. The van der Waals surface area contributed by atoms with E-state index < -0.39 is 0 Å². The lowest BCUT2D eigenvalue weighted by Crippen LogP contribution is -2.12. The second-order valence-corrected chi connectivity index (χ2v) is 4.93. The summed E-state index contributed by atoms with van der Waals surface area (Å²) in [5, 5.41) is 16.0. The Balaban J connectivity index is 1.66. The van der Waals surface area contributed by atoms with Crippen LogP contribution in [0.4, 0.5) is 0 Å². The number of thioether (sulfide) groups is 1. The van der Waals surface area contributed by atoms with E-state index in [2.05, 4.69) is 30.7 Å². The molecule has 0 aliphatic heterocycles. The summed E-state index contributed by atoms with van der Waals surface area (Å²) in [6, 6.07) is 5.52. The van der Waals surface area contributed by atoms with Crippen LogP contribution in [0.2, 0.25) is 0 Å². The van der Waals surface area contributed by atoms with Gasteiger partial charge in [0.05, 0.1) is 12.3 Å². The second kappa shape index (κ2) is 6.41. The van der Waals surface area contributed by atoms with Gasteiger partial charge < -0.3 is 10.3 Å². The van der Waals surface area contributed by atoms with Gasteiger partial charge in [-0.05, 0) is 22.6 Å². The molecule has 0 radical (unpaired) electrons. The van der Waals surface area contributed by atoms with Crippen LogP contribution in [0.5, 0.6) is 0 Å². The molecule has 0 aromatic carbocycles. The third-order valence-electron chi connectivity index (χ3n) is 2.53. The van der Waals surface area contributed by atoms with E-state index in [1.54, 1.807) is 10.9 Å². The topological polar surface area (TPSA) is 121 Å². The number of rotatable bonds is 6. The summed E-state index contributed by atoms with van der Waals surface area (Å²) in [6.45, 7) is 1.04. The third kappa shape index (κ3) is 3.23. The van der Waals surface area contributed by atoms with E-state index >= 15 is 0 Å². The molecule has 3 heterocycles. The SMILES string of the molecule is NCCn1nnnc1SCc1nc(-c2ccccn2)no1. The fourth-order valence-corrected chi connectivity index (χ4v) is 2.34. The predicted molar refractivity (Wildman–Crippen MR) is 74.0 cm³/mol. The molecule has 3 aromatic heterocycles. The van der Waals surface area contributed by atoms with Crippen molar-refractivity contribution in [2.24, 2.45) is 5.73 Å². The number of nitrogens with two attached hydrogens (primary N) is 1. The standard InChI is InChI=1S/C11H12N8OS/c12-4-6-19-11(15-17-18-19)21-7-9-14-10(16-20-9)8-3-1-2-5-13-8/h1-3,5H,4,6-7,12H2. The largest absolute Gasteiger partial charge is 0.338 e. The van der Waals surface area contributed by atoms with Crippen LogP contribution >= 0.6 is 11.8 Å². The zero-order valence-corrected chi connectivity index (χ0v) is 11.8. The summed E-state index contributed by atoms with van der Waals surface area (Å²) in [7, 11) is 0. The van der Waals surface area contributed by atoms with Gasteiger partial charge in [0.1, 0.15) is 5.69 Å². The van der Waals surface area contributed by atoms with Crippen LogP contribution < -0.4 is 5.73 Å². The van der Waals surface area contributed by atoms with E-state index in [-0.39, 0.29) is 0 Å². The minimum atomic E-state index is 0.466. The van der Waals surface area contributed by atoms with E-state index in [0.717, 1.165) is 0 Å². The zero-order chi connectivity index (χ0) is 14.5. The molecule has 3 rings (SSSR count). The average Bonchev–Trinajstić information content (AvgIpc) is 3.16. The molecule has 3 aromatic rings. The molecule has 0 saturated carbocycles. The number of hydrogen-bond acceptors (Lipinski definition) is 9. The summed E-state index contributed by atoms with van der Waals surface area (Å²) in [5.74, 6) is 1.43. The lowest BCUT2D eigenvalue weighted by atomic mass is 10.3. The summed E-state index contributed by atoms with van der Waals surface area (Å²) in [4.78, 5) is 8.46. The monoisotopic (exact) mass is 304 g/mol. The van der Waals surface area contributed by atoms with Gasteiger partial charge in [0.25, 0.3) is 0 Å². The van der Waals surface area contributed by atoms with Gasteiger partial charge in [-0.3, -0.25) is 4.98 Å². The minimum absolute atomic E-state index is 0.466. The van der Waals surface area contributed by atoms with Crippen LogP contribution in [-0.4, -0.2) is 41.9 Å². The van der Waals surface area contributed by atoms with Crippen molar-refractivity contribution in [3.05, 3.63) is 30.3 Å². The van der Waals surface area contributed by atoms with Crippen LogP contribution in [0.3, 0.4) is 0 Å². The molecular weight excluding hydrogens is 292 g/mol. The molecule has 0 saturated heterocycles. The molecule has 0 bridgehead atoms. The molecule has 2 N–H and O–H groups in total. The fourth-order valence-electron chi connectivity index (χ4n) is 1.60. The number of tetrazole rings is 1. The molecule has 108 valence electrons. The van der Waals surface area contributed by atoms with Crippen molar-refractivity contribution in [1.82, 2.24) is 35.3 Å². The first-order chi connectivity index (χ1) is 10.4. The Morgan fingerprint density at radius 1 is 1.33 bits per heavy atom. The van der Waals surface area contributed by atoms with Gasteiger partial charge in [0.2, 0.25) is 16.9 Å². The molecule has 0 atom stereocenters. The molecule has 0 fully saturated rings. The fraction of sp³-hybridized carbons (Fsp3) is 0.273. The highest BCUT2D eigenvalue weighted by Gasteiger charge is 2.12. The first-order valence-corrected chi connectivity index (χ1v) is 7.18. The van der Waals surface area contributed by atoms with Gasteiger partial charge in [-0.15, -0.1) is 5.10 Å². The molecule has 0 spiro atoms. The quantitative estimate of drug-likeness (QED) is 0.643. The number of hydrogen-bond donors (Lipinski definition) is 1. The lowest BCUT2D eigenvalue weighted by Gasteiger charge is -1.99. The van der Waals surface area contributed by atoms with E-state index in [9.17, 15) is 0 Å². The molecular formula is C11H12N8OS. The maximum atomic E-state index is 5.49. The van der Waals surface area contributed by atoms with Gasteiger partial charge in [-0.25, -0.2) is 4.68 Å². The first-order valence-electron chi connectivity index (χ1n) is 6.20. The van der Waals surface area contributed by atoms with Gasteiger partial charge in [0, 0.05) is 12.7 Å². The Kier molecular flexibility index (Phi) is 4.17. The van der Waals surface area contributed by atoms with Crippen LogP contribution in [0.1, 0.15) is 5.89 Å². The van der Waals surface area contributed by atoms with Gasteiger partial charge in [-0.1, -0.05) is 23.0 Å². The van der Waals surface area contributed by atoms with Crippen LogP contribution in [0, 0.1) is 0 Å². The highest BCUT2D eigenvalue weighted by atomic mass is 32.2. The van der Waals surface area contributed by atoms with E-state index in [1.807, 2.05) is 18.2 Å². The second-order valence-electron chi connectivity index (χ2n) is 3.99. The van der Waals surface area contributed by atoms with Crippen LogP contribution in [-0.2, 0) is 12.3 Å². The molecule has 0 amide bonds. The van der Waals surface area contributed by atoms with Crippen molar-refractivity contribution in [3.63, 3.8) is 0 Å². The highest BCUT2D eigenvalue weighted by molar-refractivity contribution is 7.98. The molecule has 10 heteroatoms. The lowest BCUT2D eigenvalue weighted by molar-refractivity contribution is 0.391. The normalized spacial score (nSPS) is 10.9. The summed E-state index contributed by atoms with van der Waals surface area (Å²) in [5.41, 5.74) is 6.16. The van der Waals surface area contributed by atoms with Crippen molar-refractivity contribution in [1.29, 1.82) is 0 Å². The maximum absolute atomic E-state index is 5.49. The van der Waals surface area contributed by atoms with Crippen molar-refractivity contribution >= 4 is 11.8 Å². The Bertz CT molecular complexity index is 697. The van der Waals surface area contributed by atoms with E-state index in [0.29, 0.717) is 41.4 Å². The summed E-state index contributed by atoms with van der Waals surface area (Å²) >= 11 is 1.41. The molecule has 0 aliphatic rings. The van der Waals surface area contributed by atoms with Gasteiger partial charge in [-0.2, -0.15) is 4.98 Å². The van der Waals surface area contributed by atoms with Crippen molar-refractivity contribution in [2.75, 3.05) is 6.54 Å². The molecule has 0 aliphatic carbocycles. The maximum Gasteiger partial charge on any atom is 0.237 e. The highest BCUT2D eigenvalue weighted by Crippen LogP contribution is 2.20. The minimum Gasteiger partial charge on any atom is -0.338 e. The first kappa shape index (κ1) is 13.6. The number of pyridine rings is 1. The Morgan fingerprint density at radius 3 is 3.10 bits per heavy atom. The number of aromatic nitrogens is 7. The molecule has 0 unspecified atom stereocenters. The zero-order valence-electron chi connectivity index (χ0n) is 11.0. The third-order valence-corrected chi connectivity index (χ3v) is 3.47. The van der Waals surface area contributed by atoms with Crippen LogP contribution in [0.25, 0.3) is 11.5 Å². The molecule has 9 nitrogen and oxygen atoms in total. The Hall–Kier alpha value is -2.33. The van der Waals surface area contributed by atoms with Crippen molar-refractivity contribution in [3.8, 4) is 11.5 Å². The Labute approximate surface area is 123 Å². The summed E-state index contributed by atoms with van der Waals surface area (Å²) in [6.07, 6.45) is 1.68. The molecule has 21 heavy (non-hydrogen) atoms. The van der Waals surface area contributed by atoms with E-state index in [1.165, 1.54) is 11.8 Å². The average molecular weight is 304 g/mol. The van der Waals surface area contributed by atoms with Gasteiger partial charge in [0.15, 0.2) is 0 Å². The van der Waals surface area contributed by atoms with Crippen molar-refractivity contribution in [2.45, 2.75) is 17.5 Å². The number of nitrogens with zero attached hydrogens (tertiary/aromatic N) is 7. The Morgan fingerprint density at radius 2 is 2.29 bits per heavy atom. The van der Waals surface area contributed by atoms with Crippen LogP contribution in [0.15, 0.2) is 34.1 Å². The smallest absolute Gasteiger partial charge is 0.237 e. The summed E-state index contributed by atoms with van der Waals surface area (Å²) < 4.78 is 6.83. The van der Waals surface area contributed by atoms with E-state index in [4.69, 9.17) is 10.3 Å². The van der Waals surface area contributed by atoms with Crippen molar-refractivity contribution < 1.29 is 4.52 Å².